The first kappa shape index (κ1) is 24.2. The maximum atomic E-state index is 13.0. The molecule has 5 aromatic rings. The molecule has 1 N–H and O–H groups in total. The number of tetrazole rings is 1. The van der Waals surface area contributed by atoms with Gasteiger partial charge < -0.3 is 4.74 Å². The Kier molecular flexibility index (Phi) is 6.43. The smallest absolute Gasteiger partial charge is 0.416 e. The fraction of sp³-hybridized carbons (Fsp3) is 0.143. The lowest BCUT2D eigenvalue weighted by molar-refractivity contribution is -0.137. The molecule has 0 atom stereocenters. The van der Waals surface area contributed by atoms with Crippen molar-refractivity contribution in [3.05, 3.63) is 101 Å². The van der Waals surface area contributed by atoms with Gasteiger partial charge in [-0.15, -0.1) is 5.10 Å². The van der Waals surface area contributed by atoms with Gasteiger partial charge in [-0.1, -0.05) is 60.7 Å². The summed E-state index contributed by atoms with van der Waals surface area (Å²) in [6.45, 7) is 3.96. The van der Waals surface area contributed by atoms with Gasteiger partial charge >= 0.3 is 6.18 Å². The molecule has 0 aliphatic rings. The van der Waals surface area contributed by atoms with Crippen LogP contribution >= 0.6 is 0 Å². The van der Waals surface area contributed by atoms with Gasteiger partial charge in [0.15, 0.2) is 5.82 Å². The molecule has 37 heavy (non-hydrogen) atoms. The predicted molar refractivity (Wildman–Crippen MR) is 134 cm³/mol. The van der Waals surface area contributed by atoms with Crippen LogP contribution in [-0.2, 0) is 12.8 Å². The average molecular weight is 502 g/mol. The van der Waals surface area contributed by atoms with Gasteiger partial charge in [0.25, 0.3) is 0 Å². The van der Waals surface area contributed by atoms with E-state index in [1.807, 2.05) is 62.4 Å². The lowest BCUT2D eigenvalue weighted by atomic mass is 9.98. The fourth-order valence-corrected chi connectivity index (χ4v) is 4.24. The Hall–Kier alpha value is -4.53. The highest BCUT2D eigenvalue weighted by Crippen LogP contribution is 2.36. The number of hydrogen-bond donors (Lipinski definition) is 1. The van der Waals surface area contributed by atoms with Crippen LogP contribution in [0, 0.1) is 13.8 Å². The van der Waals surface area contributed by atoms with Crippen LogP contribution in [0.5, 0.6) is 5.75 Å². The Bertz CT molecular complexity index is 1510. The second kappa shape index (κ2) is 9.85. The van der Waals surface area contributed by atoms with E-state index in [1.165, 1.54) is 12.1 Å². The number of alkyl halides is 3. The highest BCUT2D eigenvalue weighted by molar-refractivity contribution is 5.80. The van der Waals surface area contributed by atoms with Crippen molar-refractivity contribution in [3.63, 3.8) is 0 Å². The first-order chi connectivity index (χ1) is 17.8. The second-order valence-electron chi connectivity index (χ2n) is 8.58. The number of H-pyrrole nitrogens is 1. The van der Waals surface area contributed by atoms with Gasteiger partial charge in [-0.25, -0.2) is 5.10 Å². The molecule has 3 aromatic carbocycles. The first-order valence-corrected chi connectivity index (χ1v) is 11.5. The molecule has 2 aromatic heterocycles. The third kappa shape index (κ3) is 5.20. The number of halogens is 3. The van der Waals surface area contributed by atoms with Gasteiger partial charge in [-0.3, -0.25) is 4.98 Å². The summed E-state index contributed by atoms with van der Waals surface area (Å²) >= 11 is 0. The van der Waals surface area contributed by atoms with Crippen LogP contribution < -0.4 is 4.74 Å². The Morgan fingerprint density at radius 3 is 2.16 bits per heavy atom. The number of nitrogens with zero attached hydrogens (tertiary/aromatic N) is 4. The molecule has 186 valence electrons. The molecule has 0 saturated carbocycles. The Labute approximate surface area is 211 Å². The summed E-state index contributed by atoms with van der Waals surface area (Å²) in [5.74, 6) is 1.15. The summed E-state index contributed by atoms with van der Waals surface area (Å²) in [6.07, 6.45) is -4.39. The molecule has 0 bridgehead atoms. The van der Waals surface area contributed by atoms with Gasteiger partial charge in [0.2, 0.25) is 0 Å². The minimum Gasteiger partial charge on any atom is -0.488 e. The van der Waals surface area contributed by atoms with Crippen molar-refractivity contribution in [2.24, 2.45) is 0 Å². The van der Waals surface area contributed by atoms with E-state index in [2.05, 4.69) is 25.6 Å². The number of ether oxygens (including phenoxy) is 1. The topological polar surface area (TPSA) is 76.6 Å². The molecular formula is C28H22F3N5O. The number of aromatic amines is 1. The molecule has 0 aliphatic carbocycles. The van der Waals surface area contributed by atoms with Crippen molar-refractivity contribution in [1.82, 2.24) is 25.6 Å². The average Bonchev–Trinajstić information content (AvgIpc) is 3.42. The van der Waals surface area contributed by atoms with Gasteiger partial charge in [0.05, 0.1) is 5.56 Å². The van der Waals surface area contributed by atoms with Crippen molar-refractivity contribution in [3.8, 4) is 39.4 Å². The maximum Gasteiger partial charge on any atom is 0.416 e. The summed E-state index contributed by atoms with van der Waals surface area (Å²) in [5, 5.41) is 14.1. The highest BCUT2D eigenvalue weighted by atomic mass is 19.4. The summed E-state index contributed by atoms with van der Waals surface area (Å²) in [6, 6.07) is 22.6. The molecule has 0 amide bonds. The van der Waals surface area contributed by atoms with E-state index in [0.717, 1.165) is 40.1 Å². The van der Waals surface area contributed by atoms with Crippen LogP contribution in [-0.4, -0.2) is 25.6 Å². The van der Waals surface area contributed by atoms with Gasteiger partial charge in [0.1, 0.15) is 12.4 Å². The van der Waals surface area contributed by atoms with Gasteiger partial charge in [-0.05, 0) is 58.7 Å². The zero-order chi connectivity index (χ0) is 26.0. The van der Waals surface area contributed by atoms with E-state index in [4.69, 9.17) is 4.74 Å². The van der Waals surface area contributed by atoms with Crippen molar-refractivity contribution in [2.45, 2.75) is 26.6 Å². The van der Waals surface area contributed by atoms with E-state index in [1.54, 1.807) is 6.07 Å². The number of rotatable bonds is 6. The van der Waals surface area contributed by atoms with Crippen LogP contribution in [0.4, 0.5) is 13.2 Å². The van der Waals surface area contributed by atoms with Crippen molar-refractivity contribution in [2.75, 3.05) is 0 Å². The molecule has 6 nitrogen and oxygen atoms in total. The van der Waals surface area contributed by atoms with Crippen LogP contribution in [0.2, 0.25) is 0 Å². The molecule has 0 radical (unpaired) electrons. The largest absolute Gasteiger partial charge is 0.488 e. The highest BCUT2D eigenvalue weighted by Gasteiger charge is 2.30. The first-order valence-electron chi connectivity index (χ1n) is 11.5. The van der Waals surface area contributed by atoms with Crippen molar-refractivity contribution in [1.29, 1.82) is 0 Å². The summed E-state index contributed by atoms with van der Waals surface area (Å²) < 4.78 is 45.2. The van der Waals surface area contributed by atoms with E-state index in [9.17, 15) is 13.2 Å². The molecule has 0 saturated heterocycles. The summed E-state index contributed by atoms with van der Waals surface area (Å²) in [7, 11) is 0. The van der Waals surface area contributed by atoms with E-state index >= 15 is 0 Å². The molecule has 2 heterocycles. The third-order valence-corrected chi connectivity index (χ3v) is 5.98. The van der Waals surface area contributed by atoms with Crippen molar-refractivity contribution >= 4 is 0 Å². The van der Waals surface area contributed by atoms with Crippen LogP contribution in [0.1, 0.15) is 22.5 Å². The minimum atomic E-state index is -4.39. The number of aromatic nitrogens is 5. The quantitative estimate of drug-likeness (QED) is 0.277. The predicted octanol–water partition coefficient (Wildman–Crippen LogP) is 6.81. The molecule has 0 unspecified atom stereocenters. The van der Waals surface area contributed by atoms with Crippen LogP contribution in [0.3, 0.4) is 0 Å². The van der Waals surface area contributed by atoms with Crippen molar-refractivity contribution < 1.29 is 17.9 Å². The molecular weight excluding hydrogens is 479 g/mol. The Balaban J connectivity index is 1.39. The third-order valence-electron chi connectivity index (χ3n) is 5.98. The van der Waals surface area contributed by atoms with E-state index in [0.29, 0.717) is 28.4 Å². The lowest BCUT2D eigenvalue weighted by Gasteiger charge is -2.16. The molecule has 5 rings (SSSR count). The van der Waals surface area contributed by atoms with Gasteiger partial charge in [0, 0.05) is 28.6 Å². The molecule has 0 aliphatic heterocycles. The summed E-state index contributed by atoms with van der Waals surface area (Å²) in [5.41, 5.74) is 5.84. The Morgan fingerprint density at radius 2 is 1.51 bits per heavy atom. The Morgan fingerprint density at radius 1 is 0.838 bits per heavy atom. The number of benzene rings is 3. The van der Waals surface area contributed by atoms with Crippen LogP contribution in [0.25, 0.3) is 33.6 Å². The van der Waals surface area contributed by atoms with Crippen LogP contribution in [0.15, 0.2) is 78.9 Å². The SMILES string of the molecule is Cc1cc(OCc2ccc(-c3ccccc3-c3nnn[nH]3)cc2)c(-c2ccc(C(F)(F)F)cc2)c(C)n1. The summed E-state index contributed by atoms with van der Waals surface area (Å²) in [4.78, 5) is 4.49. The number of nitrogens with one attached hydrogen (secondary N) is 1. The minimum absolute atomic E-state index is 0.282. The maximum absolute atomic E-state index is 13.0. The number of aryl methyl sites for hydroxylation is 2. The number of hydrogen-bond acceptors (Lipinski definition) is 5. The lowest BCUT2D eigenvalue weighted by Crippen LogP contribution is -2.04. The zero-order valence-corrected chi connectivity index (χ0v) is 20.0. The second-order valence-corrected chi connectivity index (χ2v) is 8.58. The van der Waals surface area contributed by atoms with E-state index in [-0.39, 0.29) is 6.61 Å². The molecule has 0 fully saturated rings. The normalized spacial score (nSPS) is 11.5. The van der Waals surface area contributed by atoms with E-state index < -0.39 is 11.7 Å². The monoisotopic (exact) mass is 501 g/mol. The van der Waals surface area contributed by atoms with Gasteiger partial charge in [-0.2, -0.15) is 13.2 Å². The standard InChI is InChI=1S/C28H22F3N5O/c1-17-15-25(26(18(2)32-17)21-11-13-22(14-12-21)28(29,30)31)37-16-19-7-9-20(10-8-19)23-5-3-4-6-24(23)27-33-35-36-34-27/h3-15H,16H2,1-2H3,(H,33,34,35,36). The molecule has 0 spiro atoms. The zero-order valence-electron chi connectivity index (χ0n) is 20.0. The number of pyridine rings is 1. The fourth-order valence-electron chi connectivity index (χ4n) is 4.24. The molecule has 9 heteroatoms.